The molecule has 1 heterocycles. The van der Waals surface area contributed by atoms with Crippen molar-refractivity contribution in [3.8, 4) is 11.8 Å². The molecule has 1 rings (SSSR count). The van der Waals surface area contributed by atoms with Crippen LogP contribution in [-0.2, 0) is 5.33 Å². The largest absolute Gasteiger partial charge is 0.495 e. The first-order valence-electron chi connectivity index (χ1n) is 3.30. The zero-order valence-electron chi connectivity index (χ0n) is 6.54. The van der Waals surface area contributed by atoms with Crippen LogP contribution in [0.1, 0.15) is 11.3 Å². The normalized spacial score (nSPS) is 9.08. The van der Waals surface area contributed by atoms with Crippen LogP contribution in [0.4, 0.5) is 0 Å². The molecule has 0 amide bonds. The highest BCUT2D eigenvalue weighted by molar-refractivity contribution is 9.08. The third-order valence-electron chi connectivity index (χ3n) is 1.43. The number of aromatic nitrogens is 1. The Morgan fingerprint density at radius 1 is 1.75 bits per heavy atom. The topological polar surface area (TPSA) is 45.9 Å². The molecular weight excluding hydrogens is 220 g/mol. The SMILES string of the molecule is COc1cnc(C#N)c(CBr)c1. The molecule has 0 aliphatic carbocycles. The molecule has 0 aliphatic rings. The summed E-state index contributed by atoms with van der Waals surface area (Å²) >= 11 is 3.27. The zero-order valence-corrected chi connectivity index (χ0v) is 8.13. The molecule has 1 aromatic rings. The van der Waals surface area contributed by atoms with Crippen molar-refractivity contribution < 1.29 is 4.74 Å². The first-order valence-corrected chi connectivity index (χ1v) is 4.43. The van der Waals surface area contributed by atoms with E-state index in [1.807, 2.05) is 6.07 Å². The Bertz CT molecular complexity index is 319. The highest BCUT2D eigenvalue weighted by Gasteiger charge is 2.03. The van der Waals surface area contributed by atoms with Crippen LogP contribution in [0.25, 0.3) is 0 Å². The highest BCUT2D eigenvalue weighted by atomic mass is 79.9. The Morgan fingerprint density at radius 2 is 2.50 bits per heavy atom. The van der Waals surface area contributed by atoms with E-state index < -0.39 is 0 Å². The summed E-state index contributed by atoms with van der Waals surface area (Å²) in [5, 5.41) is 9.25. The van der Waals surface area contributed by atoms with Crippen LogP contribution >= 0.6 is 15.9 Å². The minimum absolute atomic E-state index is 0.438. The Labute approximate surface area is 79.1 Å². The van der Waals surface area contributed by atoms with Crippen LogP contribution in [0.15, 0.2) is 12.3 Å². The van der Waals surface area contributed by atoms with Gasteiger partial charge >= 0.3 is 0 Å². The molecule has 1 aromatic heterocycles. The summed E-state index contributed by atoms with van der Waals surface area (Å²) in [5.74, 6) is 0.670. The van der Waals surface area contributed by atoms with Crippen molar-refractivity contribution in [2.45, 2.75) is 5.33 Å². The quantitative estimate of drug-likeness (QED) is 0.724. The lowest BCUT2D eigenvalue weighted by atomic mass is 10.2. The zero-order chi connectivity index (χ0) is 8.97. The lowest BCUT2D eigenvalue weighted by Crippen LogP contribution is -1.92. The highest BCUT2D eigenvalue weighted by Crippen LogP contribution is 2.16. The van der Waals surface area contributed by atoms with E-state index >= 15 is 0 Å². The molecule has 0 fully saturated rings. The van der Waals surface area contributed by atoms with Gasteiger partial charge in [0.15, 0.2) is 0 Å². The number of hydrogen-bond acceptors (Lipinski definition) is 3. The second-order valence-electron chi connectivity index (χ2n) is 2.13. The summed E-state index contributed by atoms with van der Waals surface area (Å²) in [5.41, 5.74) is 1.28. The Morgan fingerprint density at radius 3 is 3.00 bits per heavy atom. The molecule has 0 N–H and O–H groups in total. The van der Waals surface area contributed by atoms with E-state index in [2.05, 4.69) is 20.9 Å². The monoisotopic (exact) mass is 226 g/mol. The summed E-state index contributed by atoms with van der Waals surface area (Å²) in [4.78, 5) is 3.92. The lowest BCUT2D eigenvalue weighted by Gasteiger charge is -2.01. The molecule has 3 nitrogen and oxygen atoms in total. The van der Waals surface area contributed by atoms with Crippen molar-refractivity contribution in [3.63, 3.8) is 0 Å². The maximum Gasteiger partial charge on any atom is 0.144 e. The van der Waals surface area contributed by atoms with Gasteiger partial charge in [0.2, 0.25) is 0 Å². The molecule has 0 bridgehead atoms. The van der Waals surface area contributed by atoms with Gasteiger partial charge < -0.3 is 4.74 Å². The van der Waals surface area contributed by atoms with E-state index in [0.29, 0.717) is 16.8 Å². The summed E-state index contributed by atoms with van der Waals surface area (Å²) in [6, 6.07) is 3.79. The fourth-order valence-corrected chi connectivity index (χ4v) is 1.23. The van der Waals surface area contributed by atoms with Crippen LogP contribution in [0, 0.1) is 11.3 Å². The van der Waals surface area contributed by atoms with Gasteiger partial charge in [-0.2, -0.15) is 5.26 Å². The smallest absolute Gasteiger partial charge is 0.144 e. The number of pyridine rings is 1. The second kappa shape index (κ2) is 4.07. The van der Waals surface area contributed by atoms with Gasteiger partial charge in [0.05, 0.1) is 13.3 Å². The van der Waals surface area contributed by atoms with E-state index in [1.54, 1.807) is 13.2 Å². The van der Waals surface area contributed by atoms with Gasteiger partial charge in [0, 0.05) is 10.9 Å². The van der Waals surface area contributed by atoms with Gasteiger partial charge in [-0.05, 0) is 6.07 Å². The van der Waals surface area contributed by atoms with Crippen molar-refractivity contribution >= 4 is 15.9 Å². The van der Waals surface area contributed by atoms with Crippen LogP contribution in [0.5, 0.6) is 5.75 Å². The molecule has 4 heteroatoms. The van der Waals surface area contributed by atoms with Gasteiger partial charge in [0.1, 0.15) is 17.5 Å². The summed E-state index contributed by atoms with van der Waals surface area (Å²) in [6.45, 7) is 0. The molecule has 0 aliphatic heterocycles. The predicted molar refractivity (Wildman–Crippen MR) is 48.1 cm³/mol. The minimum atomic E-state index is 0.438. The molecule has 12 heavy (non-hydrogen) atoms. The fourth-order valence-electron chi connectivity index (χ4n) is 0.803. The van der Waals surface area contributed by atoms with Crippen LogP contribution in [0.3, 0.4) is 0 Å². The fraction of sp³-hybridized carbons (Fsp3) is 0.250. The standard InChI is InChI=1S/C8H7BrN2O/c1-12-7-2-6(3-9)8(4-10)11-5-7/h2,5H,3H2,1H3. The first-order chi connectivity index (χ1) is 5.81. The van der Waals surface area contributed by atoms with Gasteiger partial charge in [-0.3, -0.25) is 0 Å². The maximum atomic E-state index is 8.64. The van der Waals surface area contributed by atoms with Crippen molar-refractivity contribution in [2.24, 2.45) is 0 Å². The molecule has 0 aromatic carbocycles. The number of rotatable bonds is 2. The Balaban J connectivity index is 3.13. The number of nitriles is 1. The molecular formula is C8H7BrN2O. The number of alkyl halides is 1. The minimum Gasteiger partial charge on any atom is -0.495 e. The first kappa shape index (κ1) is 9.01. The van der Waals surface area contributed by atoms with Gasteiger partial charge in [0.25, 0.3) is 0 Å². The lowest BCUT2D eigenvalue weighted by molar-refractivity contribution is 0.412. The third kappa shape index (κ3) is 1.74. The van der Waals surface area contributed by atoms with E-state index in [0.717, 1.165) is 5.56 Å². The van der Waals surface area contributed by atoms with Crippen LogP contribution in [0.2, 0.25) is 0 Å². The van der Waals surface area contributed by atoms with Crippen molar-refractivity contribution in [1.82, 2.24) is 4.98 Å². The summed E-state index contributed by atoms with van der Waals surface area (Å²) < 4.78 is 4.96. The van der Waals surface area contributed by atoms with Crippen molar-refractivity contribution in [1.29, 1.82) is 5.26 Å². The molecule has 0 radical (unpaired) electrons. The van der Waals surface area contributed by atoms with E-state index in [1.165, 1.54) is 6.20 Å². The van der Waals surface area contributed by atoms with Gasteiger partial charge in [-0.15, -0.1) is 0 Å². The van der Waals surface area contributed by atoms with Crippen LogP contribution < -0.4 is 4.74 Å². The number of halogens is 1. The summed E-state index contributed by atoms with van der Waals surface area (Å²) in [6.07, 6.45) is 1.53. The molecule has 0 saturated carbocycles. The van der Waals surface area contributed by atoms with E-state index in [-0.39, 0.29) is 0 Å². The molecule has 0 unspecified atom stereocenters. The molecule has 0 spiro atoms. The van der Waals surface area contributed by atoms with Crippen molar-refractivity contribution in [3.05, 3.63) is 23.5 Å². The van der Waals surface area contributed by atoms with Crippen LogP contribution in [-0.4, -0.2) is 12.1 Å². The molecule has 0 saturated heterocycles. The number of hydrogen-bond donors (Lipinski definition) is 0. The molecule has 62 valence electrons. The summed E-state index contributed by atoms with van der Waals surface area (Å²) in [7, 11) is 1.57. The number of nitrogens with zero attached hydrogens (tertiary/aromatic N) is 2. The van der Waals surface area contributed by atoms with Gasteiger partial charge in [-0.1, -0.05) is 15.9 Å². The average Bonchev–Trinajstić information content (AvgIpc) is 2.16. The number of ether oxygens (including phenoxy) is 1. The van der Waals surface area contributed by atoms with E-state index in [4.69, 9.17) is 10.00 Å². The number of methoxy groups -OCH3 is 1. The Kier molecular flexibility index (Phi) is 3.06. The second-order valence-corrected chi connectivity index (χ2v) is 2.69. The third-order valence-corrected chi connectivity index (χ3v) is 2.03. The Hall–Kier alpha value is -1.08. The average molecular weight is 227 g/mol. The molecule has 0 atom stereocenters. The maximum absolute atomic E-state index is 8.64. The van der Waals surface area contributed by atoms with E-state index in [9.17, 15) is 0 Å². The van der Waals surface area contributed by atoms with Crippen molar-refractivity contribution in [2.75, 3.05) is 7.11 Å². The predicted octanol–water partition coefficient (Wildman–Crippen LogP) is 1.86. The van der Waals surface area contributed by atoms with Gasteiger partial charge in [-0.25, -0.2) is 4.98 Å².